The minimum atomic E-state index is 0.161. The number of ether oxygens (including phenoxy) is 1. The van der Waals surface area contributed by atoms with Crippen molar-refractivity contribution in [1.82, 2.24) is 14.8 Å². The van der Waals surface area contributed by atoms with E-state index >= 15 is 0 Å². The highest BCUT2D eigenvalue weighted by Crippen LogP contribution is 2.40. The molecule has 2 aromatic heterocycles. The SMILES string of the molecule is CC(C)CN1CCC(c2c(C(=O)N3CCOCC3)sc3ncccc23)C1. The van der Waals surface area contributed by atoms with Crippen LogP contribution in [0.25, 0.3) is 10.2 Å². The lowest BCUT2D eigenvalue weighted by Gasteiger charge is -2.27. The molecule has 2 aliphatic heterocycles. The fraction of sp³-hybridized carbons (Fsp3) is 0.600. The van der Waals surface area contributed by atoms with Crippen molar-refractivity contribution in [3.05, 3.63) is 28.8 Å². The third kappa shape index (κ3) is 3.50. The van der Waals surface area contributed by atoms with Crippen LogP contribution in [-0.2, 0) is 4.74 Å². The first-order valence-electron chi connectivity index (χ1n) is 9.60. The lowest BCUT2D eigenvalue weighted by Crippen LogP contribution is -2.40. The van der Waals surface area contributed by atoms with Crippen LogP contribution in [0.2, 0.25) is 0 Å². The Hall–Kier alpha value is -1.50. The van der Waals surface area contributed by atoms with Gasteiger partial charge < -0.3 is 14.5 Å². The second-order valence-electron chi connectivity index (χ2n) is 7.74. The fourth-order valence-electron chi connectivity index (χ4n) is 4.18. The normalized spacial score (nSPS) is 21.8. The predicted molar refractivity (Wildman–Crippen MR) is 105 cm³/mol. The highest BCUT2D eigenvalue weighted by molar-refractivity contribution is 7.20. The molecule has 2 aromatic rings. The zero-order chi connectivity index (χ0) is 18.1. The zero-order valence-corrected chi connectivity index (χ0v) is 16.4. The molecule has 1 atom stereocenters. The lowest BCUT2D eigenvalue weighted by molar-refractivity contribution is 0.0305. The van der Waals surface area contributed by atoms with Gasteiger partial charge in [-0.2, -0.15) is 0 Å². The molecule has 0 radical (unpaired) electrons. The molecule has 1 amide bonds. The van der Waals surface area contributed by atoms with E-state index in [1.807, 2.05) is 17.2 Å². The van der Waals surface area contributed by atoms with E-state index in [0.717, 1.165) is 35.8 Å². The van der Waals surface area contributed by atoms with Crippen molar-refractivity contribution in [1.29, 1.82) is 0 Å². The third-order valence-corrected chi connectivity index (χ3v) is 6.42. The molecule has 0 saturated carbocycles. The molecule has 0 aliphatic carbocycles. The molecule has 0 aromatic carbocycles. The molecule has 4 heterocycles. The average molecular weight is 374 g/mol. The summed E-state index contributed by atoms with van der Waals surface area (Å²) in [6.45, 7) is 10.5. The van der Waals surface area contributed by atoms with Gasteiger partial charge in [0.2, 0.25) is 0 Å². The first-order chi connectivity index (χ1) is 12.6. The summed E-state index contributed by atoms with van der Waals surface area (Å²) in [5.41, 5.74) is 1.24. The lowest BCUT2D eigenvalue weighted by atomic mass is 9.95. The van der Waals surface area contributed by atoms with Crippen molar-refractivity contribution in [2.24, 2.45) is 5.92 Å². The van der Waals surface area contributed by atoms with Crippen LogP contribution >= 0.6 is 11.3 Å². The number of aromatic nitrogens is 1. The van der Waals surface area contributed by atoms with Gasteiger partial charge in [-0.1, -0.05) is 19.9 Å². The number of amides is 1. The third-order valence-electron chi connectivity index (χ3n) is 5.30. The zero-order valence-electron chi connectivity index (χ0n) is 15.6. The van der Waals surface area contributed by atoms with Crippen molar-refractivity contribution in [3.63, 3.8) is 0 Å². The number of morpholine rings is 1. The van der Waals surface area contributed by atoms with Gasteiger partial charge in [-0.3, -0.25) is 4.79 Å². The van der Waals surface area contributed by atoms with Crippen LogP contribution in [0.1, 0.15) is 41.4 Å². The summed E-state index contributed by atoms with van der Waals surface area (Å²) in [6, 6.07) is 4.12. The van der Waals surface area contributed by atoms with Gasteiger partial charge in [-0.25, -0.2) is 4.98 Å². The van der Waals surface area contributed by atoms with Gasteiger partial charge in [0.05, 0.1) is 18.1 Å². The van der Waals surface area contributed by atoms with E-state index in [0.29, 0.717) is 38.1 Å². The molecular weight excluding hydrogens is 346 g/mol. The van der Waals surface area contributed by atoms with Gasteiger partial charge in [0.25, 0.3) is 5.91 Å². The molecule has 4 rings (SSSR count). The van der Waals surface area contributed by atoms with Gasteiger partial charge >= 0.3 is 0 Å². The summed E-state index contributed by atoms with van der Waals surface area (Å²) >= 11 is 1.57. The van der Waals surface area contributed by atoms with Gasteiger partial charge in [-0.15, -0.1) is 11.3 Å². The van der Waals surface area contributed by atoms with Gasteiger partial charge in [-0.05, 0) is 30.5 Å². The van der Waals surface area contributed by atoms with Crippen molar-refractivity contribution in [2.75, 3.05) is 45.9 Å². The maximum absolute atomic E-state index is 13.2. The quantitative estimate of drug-likeness (QED) is 0.826. The molecule has 5 nitrogen and oxygen atoms in total. The summed E-state index contributed by atoms with van der Waals surface area (Å²) in [7, 11) is 0. The Morgan fingerprint density at radius 2 is 2.15 bits per heavy atom. The van der Waals surface area contributed by atoms with Crippen LogP contribution in [0.15, 0.2) is 18.3 Å². The summed E-state index contributed by atoms with van der Waals surface area (Å²) in [5.74, 6) is 1.25. The van der Waals surface area contributed by atoms with E-state index in [-0.39, 0.29) is 5.91 Å². The van der Waals surface area contributed by atoms with E-state index in [2.05, 4.69) is 29.8 Å². The number of carbonyl (C=O) groups is 1. The summed E-state index contributed by atoms with van der Waals surface area (Å²) in [6.07, 6.45) is 2.95. The summed E-state index contributed by atoms with van der Waals surface area (Å²) in [5, 5.41) is 1.17. The second-order valence-corrected chi connectivity index (χ2v) is 8.74. The molecule has 1 unspecified atom stereocenters. The maximum atomic E-state index is 13.2. The first kappa shape index (κ1) is 17.9. The Labute approximate surface area is 159 Å². The number of hydrogen-bond donors (Lipinski definition) is 0. The van der Waals surface area contributed by atoms with Gasteiger partial charge in [0, 0.05) is 43.7 Å². The Morgan fingerprint density at radius 1 is 1.35 bits per heavy atom. The number of thiophene rings is 1. The van der Waals surface area contributed by atoms with E-state index in [4.69, 9.17) is 4.74 Å². The van der Waals surface area contributed by atoms with E-state index in [1.165, 1.54) is 10.9 Å². The molecule has 26 heavy (non-hydrogen) atoms. The topological polar surface area (TPSA) is 45.7 Å². The van der Waals surface area contributed by atoms with Gasteiger partial charge in [0.1, 0.15) is 4.83 Å². The van der Waals surface area contributed by atoms with E-state index < -0.39 is 0 Å². The Balaban J connectivity index is 1.67. The number of hydrogen-bond acceptors (Lipinski definition) is 5. The molecule has 140 valence electrons. The maximum Gasteiger partial charge on any atom is 0.264 e. The molecule has 0 N–H and O–H groups in total. The van der Waals surface area contributed by atoms with Crippen molar-refractivity contribution >= 4 is 27.5 Å². The van der Waals surface area contributed by atoms with Crippen molar-refractivity contribution in [2.45, 2.75) is 26.2 Å². The largest absolute Gasteiger partial charge is 0.378 e. The fourth-order valence-corrected chi connectivity index (χ4v) is 5.37. The second kappa shape index (κ2) is 7.62. The van der Waals surface area contributed by atoms with Crippen LogP contribution < -0.4 is 0 Å². The van der Waals surface area contributed by atoms with Crippen LogP contribution in [-0.4, -0.2) is 66.6 Å². The minimum Gasteiger partial charge on any atom is -0.378 e. The van der Waals surface area contributed by atoms with E-state index in [9.17, 15) is 4.79 Å². The van der Waals surface area contributed by atoms with Crippen molar-refractivity contribution < 1.29 is 9.53 Å². The number of pyridine rings is 1. The highest BCUT2D eigenvalue weighted by Gasteiger charge is 2.32. The number of fused-ring (bicyclic) bond motifs is 1. The first-order valence-corrected chi connectivity index (χ1v) is 10.4. The number of likely N-dealkylation sites (tertiary alicyclic amines) is 1. The standard InChI is InChI=1S/C20H27N3O2S/c1-14(2)12-22-7-5-15(13-22)17-16-4-3-6-21-19(16)26-18(17)20(24)23-8-10-25-11-9-23/h3-4,6,14-15H,5,7-13H2,1-2H3. The van der Waals surface area contributed by atoms with Gasteiger partial charge in [0.15, 0.2) is 0 Å². The predicted octanol–water partition coefficient (Wildman–Crippen LogP) is 3.21. The molecule has 2 saturated heterocycles. The Kier molecular flexibility index (Phi) is 5.25. The molecule has 2 fully saturated rings. The number of rotatable bonds is 4. The van der Waals surface area contributed by atoms with Crippen LogP contribution in [0, 0.1) is 5.92 Å². The van der Waals surface area contributed by atoms with Crippen molar-refractivity contribution in [3.8, 4) is 0 Å². The molecular formula is C20H27N3O2S. The monoisotopic (exact) mass is 373 g/mol. The highest BCUT2D eigenvalue weighted by atomic mass is 32.1. The Morgan fingerprint density at radius 3 is 2.92 bits per heavy atom. The average Bonchev–Trinajstić information content (AvgIpc) is 3.25. The molecule has 6 heteroatoms. The molecule has 0 bridgehead atoms. The summed E-state index contributed by atoms with van der Waals surface area (Å²) < 4.78 is 5.42. The smallest absolute Gasteiger partial charge is 0.264 e. The van der Waals surface area contributed by atoms with Crippen LogP contribution in [0.5, 0.6) is 0 Å². The summed E-state index contributed by atoms with van der Waals surface area (Å²) in [4.78, 5) is 24.2. The number of carbonyl (C=O) groups excluding carboxylic acids is 1. The molecule has 2 aliphatic rings. The molecule has 0 spiro atoms. The Bertz CT molecular complexity index is 782. The minimum absolute atomic E-state index is 0.161. The van der Waals surface area contributed by atoms with E-state index in [1.54, 1.807) is 11.3 Å². The van der Waals surface area contributed by atoms with Crippen LogP contribution in [0.4, 0.5) is 0 Å². The van der Waals surface area contributed by atoms with Crippen LogP contribution in [0.3, 0.4) is 0 Å². The number of nitrogens with zero attached hydrogens (tertiary/aromatic N) is 3.